The topological polar surface area (TPSA) is 63.4 Å². The van der Waals surface area contributed by atoms with Crippen molar-refractivity contribution in [1.29, 1.82) is 0 Å². The van der Waals surface area contributed by atoms with Gasteiger partial charge >= 0.3 is 0 Å². The number of allylic oxidation sites excluding steroid dienone is 2. The Morgan fingerprint density at radius 1 is 1.10 bits per heavy atom. The predicted octanol–water partition coefficient (Wildman–Crippen LogP) is 4.42. The number of nitrogens with zero attached hydrogens (tertiary/aromatic N) is 1. The second kappa shape index (κ2) is 6.05. The Morgan fingerprint density at radius 2 is 1.81 bits per heavy atom. The molecule has 0 atom stereocenters. The molecule has 0 saturated heterocycles. The molecular formula is C17H15NO3. The Balaban J connectivity index is 2.19. The monoisotopic (exact) mass is 281 g/mol. The molecular weight excluding hydrogens is 266 g/mol. The molecule has 4 heteroatoms. The maximum absolute atomic E-state index is 10.8. The van der Waals surface area contributed by atoms with Gasteiger partial charge in [0.15, 0.2) is 0 Å². The van der Waals surface area contributed by atoms with E-state index in [0.717, 1.165) is 0 Å². The summed E-state index contributed by atoms with van der Waals surface area (Å²) in [4.78, 5) is 10.4. The van der Waals surface area contributed by atoms with Crippen LogP contribution >= 0.6 is 0 Å². The molecule has 0 amide bonds. The normalized spacial score (nSPS) is 10.1. The molecule has 106 valence electrons. The molecule has 4 nitrogen and oxygen atoms in total. The van der Waals surface area contributed by atoms with Crippen LogP contribution in [0.1, 0.15) is 17.5 Å². The van der Waals surface area contributed by atoms with Crippen LogP contribution in [0.2, 0.25) is 0 Å². The Bertz CT molecular complexity index is 719. The van der Waals surface area contributed by atoms with Gasteiger partial charge in [0, 0.05) is 17.7 Å². The van der Waals surface area contributed by atoms with Crippen LogP contribution in [-0.4, -0.2) is 10.0 Å². The molecule has 2 rings (SSSR count). The highest BCUT2D eigenvalue weighted by molar-refractivity contribution is 5.80. The minimum atomic E-state index is -0.436. The van der Waals surface area contributed by atoms with Gasteiger partial charge in [0.1, 0.15) is 5.75 Å². The number of phenols is 1. The molecule has 2 aromatic carbocycles. The summed E-state index contributed by atoms with van der Waals surface area (Å²) in [7, 11) is 0. The quantitative estimate of drug-likeness (QED) is 0.652. The predicted molar refractivity (Wildman–Crippen MR) is 83.9 cm³/mol. The second-order valence-corrected chi connectivity index (χ2v) is 4.71. The number of nitro groups is 1. The lowest BCUT2D eigenvalue weighted by atomic mass is 9.95. The van der Waals surface area contributed by atoms with Crippen LogP contribution < -0.4 is 0 Å². The summed E-state index contributed by atoms with van der Waals surface area (Å²) in [6.45, 7) is 7.91. The van der Waals surface area contributed by atoms with E-state index in [9.17, 15) is 15.2 Å². The average Bonchev–Trinajstić information content (AvgIpc) is 2.47. The molecule has 21 heavy (non-hydrogen) atoms. The van der Waals surface area contributed by atoms with Crippen LogP contribution in [0.3, 0.4) is 0 Å². The smallest absolute Gasteiger partial charge is 0.270 e. The van der Waals surface area contributed by atoms with Crippen LogP contribution in [0.15, 0.2) is 61.7 Å². The molecule has 0 aliphatic heterocycles. The van der Waals surface area contributed by atoms with Gasteiger partial charge in [-0.2, -0.15) is 0 Å². The zero-order valence-corrected chi connectivity index (χ0v) is 11.5. The number of hydrogen-bond donors (Lipinski definition) is 1. The van der Waals surface area contributed by atoms with Gasteiger partial charge in [-0.05, 0) is 29.2 Å². The van der Waals surface area contributed by atoms with Gasteiger partial charge in [0.2, 0.25) is 0 Å². The third-order valence-electron chi connectivity index (χ3n) is 3.18. The van der Waals surface area contributed by atoms with Gasteiger partial charge in [0.05, 0.1) is 4.92 Å². The lowest BCUT2D eigenvalue weighted by molar-refractivity contribution is -0.384. The fourth-order valence-corrected chi connectivity index (χ4v) is 2.07. The first-order chi connectivity index (χ1) is 9.99. The largest absolute Gasteiger partial charge is 0.507 e. The molecule has 2 aromatic rings. The number of hydrogen-bond acceptors (Lipinski definition) is 3. The number of para-hydroxylation sites is 1. The van der Waals surface area contributed by atoms with Gasteiger partial charge in [-0.15, -0.1) is 0 Å². The molecule has 0 heterocycles. The minimum absolute atomic E-state index is 0.0295. The summed E-state index contributed by atoms with van der Waals surface area (Å²) in [6, 6.07) is 13.2. The molecule has 0 spiro atoms. The molecule has 0 fully saturated rings. The van der Waals surface area contributed by atoms with Crippen molar-refractivity contribution in [3.05, 3.63) is 82.9 Å². The van der Waals surface area contributed by atoms with Crippen LogP contribution in [0.25, 0.3) is 11.1 Å². The number of rotatable bonds is 5. The third kappa shape index (κ3) is 3.36. The van der Waals surface area contributed by atoms with Crippen molar-refractivity contribution in [1.82, 2.24) is 0 Å². The molecule has 0 radical (unpaired) electrons. The summed E-state index contributed by atoms with van der Waals surface area (Å²) >= 11 is 0. The van der Waals surface area contributed by atoms with E-state index >= 15 is 0 Å². The Hall–Kier alpha value is -2.88. The average molecular weight is 281 g/mol. The SMILES string of the molecule is C=C(CC(=C)c1ccccc1O)c1cccc([N+](=O)[O-])c1. The Kier molecular flexibility index (Phi) is 4.18. The lowest BCUT2D eigenvalue weighted by Crippen LogP contribution is -1.91. The summed E-state index contributed by atoms with van der Waals surface area (Å²) in [5, 5.41) is 20.6. The van der Waals surface area contributed by atoms with Crippen molar-refractivity contribution in [2.45, 2.75) is 6.42 Å². The van der Waals surface area contributed by atoms with Crippen LogP contribution in [-0.2, 0) is 0 Å². The first-order valence-electron chi connectivity index (χ1n) is 6.38. The first-order valence-corrected chi connectivity index (χ1v) is 6.38. The van der Waals surface area contributed by atoms with Crippen molar-refractivity contribution >= 4 is 16.8 Å². The van der Waals surface area contributed by atoms with E-state index in [-0.39, 0.29) is 11.4 Å². The van der Waals surface area contributed by atoms with Gasteiger partial charge in [-0.3, -0.25) is 10.1 Å². The lowest BCUT2D eigenvalue weighted by Gasteiger charge is -2.10. The van der Waals surface area contributed by atoms with Crippen molar-refractivity contribution < 1.29 is 10.0 Å². The number of non-ortho nitro benzene ring substituents is 1. The van der Waals surface area contributed by atoms with E-state index in [1.54, 1.807) is 30.3 Å². The first kappa shape index (κ1) is 14.5. The highest BCUT2D eigenvalue weighted by Gasteiger charge is 2.10. The van der Waals surface area contributed by atoms with E-state index < -0.39 is 4.92 Å². The fraction of sp³-hybridized carbons (Fsp3) is 0.0588. The fourth-order valence-electron chi connectivity index (χ4n) is 2.07. The Morgan fingerprint density at radius 3 is 2.48 bits per heavy atom. The maximum atomic E-state index is 10.8. The minimum Gasteiger partial charge on any atom is -0.507 e. The summed E-state index contributed by atoms with van der Waals surface area (Å²) in [5.74, 6) is 0.161. The van der Waals surface area contributed by atoms with E-state index in [0.29, 0.717) is 28.7 Å². The Labute approximate surface area is 122 Å². The number of nitro benzene ring substituents is 1. The van der Waals surface area contributed by atoms with Crippen LogP contribution in [0.5, 0.6) is 5.75 Å². The number of phenolic OH excluding ortho intramolecular Hbond substituents is 1. The molecule has 0 aliphatic rings. The zero-order valence-electron chi connectivity index (χ0n) is 11.5. The van der Waals surface area contributed by atoms with Crippen molar-refractivity contribution in [3.63, 3.8) is 0 Å². The van der Waals surface area contributed by atoms with Crippen LogP contribution in [0.4, 0.5) is 5.69 Å². The van der Waals surface area contributed by atoms with Gasteiger partial charge in [0.25, 0.3) is 5.69 Å². The van der Waals surface area contributed by atoms with Gasteiger partial charge < -0.3 is 5.11 Å². The number of aromatic hydroxyl groups is 1. The molecule has 0 bridgehead atoms. The standard InChI is InChI=1S/C17H15NO3/c1-12(14-6-5-7-15(11-14)18(20)21)10-13(2)16-8-3-4-9-17(16)19/h3-9,11,19H,1-2,10H2. The highest BCUT2D eigenvalue weighted by Crippen LogP contribution is 2.31. The highest BCUT2D eigenvalue weighted by atomic mass is 16.6. The molecule has 0 unspecified atom stereocenters. The summed E-state index contributed by atoms with van der Waals surface area (Å²) in [6.07, 6.45) is 0.429. The molecule has 1 N–H and O–H groups in total. The summed E-state index contributed by atoms with van der Waals surface area (Å²) in [5.41, 5.74) is 2.81. The number of benzene rings is 2. The van der Waals surface area contributed by atoms with Crippen molar-refractivity contribution in [2.75, 3.05) is 0 Å². The van der Waals surface area contributed by atoms with E-state index in [4.69, 9.17) is 0 Å². The third-order valence-corrected chi connectivity index (χ3v) is 3.18. The van der Waals surface area contributed by atoms with E-state index in [2.05, 4.69) is 13.2 Å². The second-order valence-electron chi connectivity index (χ2n) is 4.71. The van der Waals surface area contributed by atoms with E-state index in [1.165, 1.54) is 12.1 Å². The zero-order chi connectivity index (χ0) is 15.4. The van der Waals surface area contributed by atoms with Crippen LogP contribution in [0, 0.1) is 10.1 Å². The molecule has 0 aromatic heterocycles. The van der Waals surface area contributed by atoms with E-state index in [1.807, 2.05) is 6.07 Å². The van der Waals surface area contributed by atoms with Crippen molar-refractivity contribution in [3.8, 4) is 5.75 Å². The molecule has 0 aliphatic carbocycles. The van der Waals surface area contributed by atoms with Crippen molar-refractivity contribution in [2.24, 2.45) is 0 Å². The molecule has 0 saturated carbocycles. The van der Waals surface area contributed by atoms with Gasteiger partial charge in [-0.1, -0.05) is 43.5 Å². The maximum Gasteiger partial charge on any atom is 0.270 e. The van der Waals surface area contributed by atoms with Gasteiger partial charge in [-0.25, -0.2) is 0 Å². The summed E-state index contributed by atoms with van der Waals surface area (Å²) < 4.78 is 0.